The van der Waals surface area contributed by atoms with Crippen molar-refractivity contribution in [3.8, 4) is 11.4 Å². The van der Waals surface area contributed by atoms with Crippen molar-refractivity contribution in [3.05, 3.63) is 52.0 Å². The van der Waals surface area contributed by atoms with Crippen LogP contribution in [-0.4, -0.2) is 17.0 Å². The van der Waals surface area contributed by atoms with E-state index in [9.17, 15) is 0 Å². The summed E-state index contributed by atoms with van der Waals surface area (Å²) < 4.78 is 0. The SMILES string of the molecule is CNc1nc(-c2cc(C)cc(Cl)c2)nc2ccc(Cl)cc12. The molecule has 0 unspecified atom stereocenters. The Morgan fingerprint density at radius 1 is 0.952 bits per heavy atom. The smallest absolute Gasteiger partial charge is 0.162 e. The molecular weight excluding hydrogens is 305 g/mol. The van der Waals surface area contributed by atoms with Crippen LogP contribution < -0.4 is 5.32 Å². The van der Waals surface area contributed by atoms with Crippen molar-refractivity contribution in [3.63, 3.8) is 0 Å². The number of hydrogen-bond acceptors (Lipinski definition) is 3. The quantitative estimate of drug-likeness (QED) is 0.726. The van der Waals surface area contributed by atoms with Crippen molar-refractivity contribution in [2.45, 2.75) is 6.92 Å². The van der Waals surface area contributed by atoms with E-state index in [0.717, 1.165) is 27.8 Å². The summed E-state index contributed by atoms with van der Waals surface area (Å²) in [6, 6.07) is 11.4. The van der Waals surface area contributed by atoms with Crippen molar-refractivity contribution in [1.29, 1.82) is 0 Å². The number of fused-ring (bicyclic) bond motifs is 1. The second-order valence-electron chi connectivity index (χ2n) is 4.82. The molecule has 0 spiro atoms. The zero-order chi connectivity index (χ0) is 15.0. The number of nitrogens with zero attached hydrogens (tertiary/aromatic N) is 2. The van der Waals surface area contributed by atoms with Crippen LogP contribution in [0.15, 0.2) is 36.4 Å². The number of rotatable bonds is 2. The highest BCUT2D eigenvalue weighted by atomic mass is 35.5. The Bertz CT molecular complexity index is 811. The normalized spacial score (nSPS) is 10.9. The van der Waals surface area contributed by atoms with E-state index in [1.807, 2.05) is 50.4 Å². The molecule has 0 radical (unpaired) electrons. The maximum atomic E-state index is 6.12. The van der Waals surface area contributed by atoms with Crippen molar-refractivity contribution in [1.82, 2.24) is 9.97 Å². The average Bonchev–Trinajstić information content (AvgIpc) is 2.45. The third-order valence-electron chi connectivity index (χ3n) is 3.19. The maximum Gasteiger partial charge on any atom is 0.162 e. The van der Waals surface area contributed by atoms with E-state index in [1.165, 1.54) is 0 Å². The van der Waals surface area contributed by atoms with Crippen LogP contribution in [0.1, 0.15) is 5.56 Å². The highest BCUT2D eigenvalue weighted by Crippen LogP contribution is 2.28. The molecule has 0 bridgehead atoms. The molecule has 0 saturated heterocycles. The summed E-state index contributed by atoms with van der Waals surface area (Å²) in [6.07, 6.45) is 0. The van der Waals surface area contributed by atoms with E-state index >= 15 is 0 Å². The molecule has 5 heteroatoms. The first-order valence-corrected chi connectivity index (χ1v) is 7.25. The molecule has 0 saturated carbocycles. The molecule has 3 aromatic rings. The summed E-state index contributed by atoms with van der Waals surface area (Å²) in [5, 5.41) is 5.33. The highest BCUT2D eigenvalue weighted by Gasteiger charge is 2.10. The summed E-state index contributed by atoms with van der Waals surface area (Å²) >= 11 is 12.2. The number of anilines is 1. The number of benzene rings is 2. The largest absolute Gasteiger partial charge is 0.373 e. The van der Waals surface area contributed by atoms with Gasteiger partial charge >= 0.3 is 0 Å². The minimum absolute atomic E-state index is 0.639. The van der Waals surface area contributed by atoms with Crippen molar-refractivity contribution in [2.24, 2.45) is 0 Å². The predicted molar refractivity (Wildman–Crippen MR) is 89.3 cm³/mol. The van der Waals surface area contributed by atoms with Crippen molar-refractivity contribution >= 4 is 39.9 Å². The molecule has 0 aliphatic carbocycles. The predicted octanol–water partition coefficient (Wildman–Crippen LogP) is 4.95. The van der Waals surface area contributed by atoms with Gasteiger partial charge in [-0.05, 0) is 48.9 Å². The molecule has 3 rings (SSSR count). The summed E-state index contributed by atoms with van der Waals surface area (Å²) in [6.45, 7) is 2.00. The Hall–Kier alpha value is -1.84. The first kappa shape index (κ1) is 14.1. The van der Waals surface area contributed by atoms with Crippen molar-refractivity contribution < 1.29 is 0 Å². The van der Waals surface area contributed by atoms with Crippen LogP contribution >= 0.6 is 23.2 Å². The Labute approximate surface area is 132 Å². The lowest BCUT2D eigenvalue weighted by molar-refractivity contribution is 1.21. The zero-order valence-corrected chi connectivity index (χ0v) is 13.1. The summed E-state index contributed by atoms with van der Waals surface area (Å²) in [4.78, 5) is 9.18. The van der Waals surface area contributed by atoms with E-state index in [0.29, 0.717) is 15.9 Å². The highest BCUT2D eigenvalue weighted by molar-refractivity contribution is 6.31. The summed E-state index contributed by atoms with van der Waals surface area (Å²) in [5.74, 6) is 1.38. The Kier molecular flexibility index (Phi) is 3.70. The third-order valence-corrected chi connectivity index (χ3v) is 3.65. The standard InChI is InChI=1S/C16H13Cl2N3/c1-9-5-10(7-12(18)6-9)15-20-14-4-3-11(17)8-13(14)16(19-2)21-15/h3-8H,1-2H3,(H,19,20,21). The van der Waals surface area contributed by atoms with E-state index in [4.69, 9.17) is 23.2 Å². The van der Waals surface area contributed by atoms with Crippen LogP contribution in [0, 0.1) is 6.92 Å². The topological polar surface area (TPSA) is 37.8 Å². The minimum atomic E-state index is 0.639. The van der Waals surface area contributed by atoms with Gasteiger partial charge in [-0.1, -0.05) is 23.2 Å². The fourth-order valence-corrected chi connectivity index (χ4v) is 2.75. The van der Waals surface area contributed by atoms with E-state index < -0.39 is 0 Å². The van der Waals surface area contributed by atoms with Gasteiger partial charge in [-0.2, -0.15) is 0 Å². The Morgan fingerprint density at radius 3 is 2.48 bits per heavy atom. The lowest BCUT2D eigenvalue weighted by Gasteiger charge is -2.09. The van der Waals surface area contributed by atoms with Crippen LogP contribution in [0.4, 0.5) is 5.82 Å². The number of aryl methyl sites for hydroxylation is 1. The fourth-order valence-electron chi connectivity index (χ4n) is 2.29. The molecule has 106 valence electrons. The molecule has 1 aromatic heterocycles. The molecule has 2 aromatic carbocycles. The second-order valence-corrected chi connectivity index (χ2v) is 5.70. The van der Waals surface area contributed by atoms with Gasteiger partial charge in [0.05, 0.1) is 5.52 Å². The van der Waals surface area contributed by atoms with Gasteiger partial charge in [0.15, 0.2) is 5.82 Å². The lowest BCUT2D eigenvalue weighted by atomic mass is 10.1. The number of nitrogens with one attached hydrogen (secondary N) is 1. The number of aromatic nitrogens is 2. The van der Waals surface area contributed by atoms with Gasteiger partial charge in [0.1, 0.15) is 5.82 Å². The van der Waals surface area contributed by atoms with Crippen LogP contribution in [0.5, 0.6) is 0 Å². The first-order valence-electron chi connectivity index (χ1n) is 6.49. The molecule has 21 heavy (non-hydrogen) atoms. The van der Waals surface area contributed by atoms with E-state index in [-0.39, 0.29) is 0 Å². The second kappa shape index (κ2) is 5.51. The molecule has 1 heterocycles. The Balaban J connectivity index is 2.26. The lowest BCUT2D eigenvalue weighted by Crippen LogP contribution is -1.99. The molecule has 3 nitrogen and oxygen atoms in total. The third kappa shape index (κ3) is 2.80. The van der Waals surface area contributed by atoms with Crippen LogP contribution in [-0.2, 0) is 0 Å². The van der Waals surface area contributed by atoms with Crippen LogP contribution in [0.2, 0.25) is 10.0 Å². The van der Waals surface area contributed by atoms with E-state index in [1.54, 1.807) is 0 Å². The van der Waals surface area contributed by atoms with Gasteiger partial charge in [-0.25, -0.2) is 9.97 Å². The van der Waals surface area contributed by atoms with E-state index in [2.05, 4.69) is 15.3 Å². The van der Waals surface area contributed by atoms with Crippen LogP contribution in [0.3, 0.4) is 0 Å². The molecular formula is C16H13Cl2N3. The van der Waals surface area contributed by atoms with Crippen molar-refractivity contribution in [2.75, 3.05) is 12.4 Å². The molecule has 0 fully saturated rings. The van der Waals surface area contributed by atoms with Crippen LogP contribution in [0.25, 0.3) is 22.3 Å². The molecule has 0 atom stereocenters. The van der Waals surface area contributed by atoms with Gasteiger partial charge in [0.2, 0.25) is 0 Å². The fraction of sp³-hybridized carbons (Fsp3) is 0.125. The van der Waals surface area contributed by atoms with Gasteiger partial charge in [-0.15, -0.1) is 0 Å². The molecule has 0 aliphatic rings. The maximum absolute atomic E-state index is 6.12. The number of halogens is 2. The Morgan fingerprint density at radius 2 is 1.76 bits per heavy atom. The van der Waals surface area contributed by atoms with Gasteiger partial charge in [-0.3, -0.25) is 0 Å². The summed E-state index contributed by atoms with van der Waals surface area (Å²) in [7, 11) is 1.83. The average molecular weight is 318 g/mol. The minimum Gasteiger partial charge on any atom is -0.373 e. The van der Waals surface area contributed by atoms with Gasteiger partial charge < -0.3 is 5.32 Å². The molecule has 1 N–H and O–H groups in total. The van der Waals surface area contributed by atoms with Gasteiger partial charge in [0, 0.05) is 28.0 Å². The molecule has 0 aliphatic heterocycles. The summed E-state index contributed by atoms with van der Waals surface area (Å²) in [5.41, 5.74) is 2.81. The monoisotopic (exact) mass is 317 g/mol. The molecule has 0 amide bonds. The first-order chi connectivity index (χ1) is 10.1. The number of hydrogen-bond donors (Lipinski definition) is 1. The zero-order valence-electron chi connectivity index (χ0n) is 11.6. The van der Waals surface area contributed by atoms with Gasteiger partial charge in [0.25, 0.3) is 0 Å².